The average molecular weight is 650 g/mol. The summed E-state index contributed by atoms with van der Waals surface area (Å²) in [6, 6.07) is 13.6. The molecule has 7 nitrogen and oxygen atoms in total. The maximum absolute atomic E-state index is 15.1. The van der Waals surface area contributed by atoms with E-state index in [0.717, 1.165) is 17.5 Å². The Morgan fingerprint density at radius 3 is 2.44 bits per heavy atom. The van der Waals surface area contributed by atoms with Gasteiger partial charge < -0.3 is 19.8 Å². The van der Waals surface area contributed by atoms with Crippen LogP contribution in [0.1, 0.15) is 44.2 Å². The minimum Gasteiger partial charge on any atom is -0.394 e. The van der Waals surface area contributed by atoms with Crippen molar-refractivity contribution in [2.24, 2.45) is 11.8 Å². The summed E-state index contributed by atoms with van der Waals surface area (Å²) >= 11 is 8.37. The van der Waals surface area contributed by atoms with Gasteiger partial charge in [-0.1, -0.05) is 73.1 Å². The number of hydrogen-bond donors (Lipinski definition) is 1. The van der Waals surface area contributed by atoms with Crippen LogP contribution in [0.25, 0.3) is 0 Å². The standard InChI is InChI=1S/C36H44ClN3O4S/c1-6-19-38(20-7-2)32(42)28-29-33(43)40(26(23-41)22-25-14-10-9-11-15-25)31(36(29)18-17-35(28,5)45-36)34(44)39(21-8-3)30-24(4)13-12-16-27(30)37/h6,8-16,26,28-29,31,41H,1,3,7,17-23H2,2,4-5H3/t26-,28-,29+,31?,35+,36?/m1/s1. The maximum atomic E-state index is 15.1. The molecular formula is C36H44ClN3O4S. The van der Waals surface area contributed by atoms with Crippen LogP contribution in [-0.4, -0.2) is 80.4 Å². The Morgan fingerprint density at radius 2 is 1.82 bits per heavy atom. The molecular weight excluding hydrogens is 606 g/mol. The lowest BCUT2D eigenvalue weighted by Crippen LogP contribution is -2.58. The van der Waals surface area contributed by atoms with E-state index in [1.54, 1.807) is 44.7 Å². The predicted octanol–water partition coefficient (Wildman–Crippen LogP) is 5.68. The smallest absolute Gasteiger partial charge is 0.251 e. The summed E-state index contributed by atoms with van der Waals surface area (Å²) in [5.41, 5.74) is 2.36. The zero-order valence-corrected chi connectivity index (χ0v) is 28.0. The number of aryl methyl sites for hydroxylation is 1. The number of thioether (sulfide) groups is 1. The molecule has 0 aromatic heterocycles. The van der Waals surface area contributed by atoms with Crippen molar-refractivity contribution in [1.29, 1.82) is 0 Å². The molecule has 5 rings (SSSR count). The van der Waals surface area contributed by atoms with Crippen LogP contribution in [0.4, 0.5) is 5.69 Å². The number of nitrogens with zero attached hydrogens (tertiary/aromatic N) is 3. The van der Waals surface area contributed by atoms with Crippen molar-refractivity contribution in [2.45, 2.75) is 68.0 Å². The van der Waals surface area contributed by atoms with E-state index in [1.807, 2.05) is 56.3 Å². The Balaban J connectivity index is 1.66. The van der Waals surface area contributed by atoms with Crippen molar-refractivity contribution >= 4 is 46.8 Å². The quantitative estimate of drug-likeness (QED) is 0.283. The van der Waals surface area contributed by atoms with Crippen molar-refractivity contribution in [3.63, 3.8) is 0 Å². The molecule has 2 aromatic rings. The van der Waals surface area contributed by atoms with Gasteiger partial charge in [0.2, 0.25) is 11.8 Å². The van der Waals surface area contributed by atoms with Crippen LogP contribution in [0.2, 0.25) is 5.02 Å². The zero-order valence-electron chi connectivity index (χ0n) is 26.5. The number of hydrogen-bond acceptors (Lipinski definition) is 5. The lowest BCUT2D eigenvalue weighted by molar-refractivity contribution is -0.146. The number of para-hydroxylation sites is 1. The van der Waals surface area contributed by atoms with Crippen LogP contribution >= 0.6 is 23.4 Å². The van der Waals surface area contributed by atoms with Gasteiger partial charge in [-0.2, -0.15) is 0 Å². The maximum Gasteiger partial charge on any atom is 0.251 e. The zero-order chi connectivity index (χ0) is 32.5. The molecule has 6 atom stereocenters. The third-order valence-electron chi connectivity index (χ3n) is 9.82. The van der Waals surface area contributed by atoms with Crippen LogP contribution in [0.5, 0.6) is 0 Å². The van der Waals surface area contributed by atoms with Crippen LogP contribution in [-0.2, 0) is 20.8 Å². The molecule has 3 amide bonds. The number of benzene rings is 2. The molecule has 1 spiro atoms. The number of carbonyl (C=O) groups excluding carboxylic acids is 3. The van der Waals surface area contributed by atoms with E-state index < -0.39 is 33.4 Å². The number of carbonyl (C=O) groups is 3. The molecule has 2 aromatic carbocycles. The van der Waals surface area contributed by atoms with Gasteiger partial charge in [-0.05, 0) is 56.7 Å². The molecule has 0 radical (unpaired) electrons. The van der Waals surface area contributed by atoms with Crippen LogP contribution in [0, 0.1) is 18.8 Å². The van der Waals surface area contributed by atoms with E-state index in [9.17, 15) is 14.7 Å². The first-order chi connectivity index (χ1) is 21.6. The summed E-state index contributed by atoms with van der Waals surface area (Å²) in [5.74, 6) is -1.86. The van der Waals surface area contributed by atoms with Crippen LogP contribution < -0.4 is 4.90 Å². The van der Waals surface area contributed by atoms with Gasteiger partial charge in [-0.15, -0.1) is 24.9 Å². The summed E-state index contributed by atoms with van der Waals surface area (Å²) < 4.78 is -1.35. The highest BCUT2D eigenvalue weighted by Crippen LogP contribution is 2.72. The molecule has 9 heteroatoms. The fourth-order valence-electron chi connectivity index (χ4n) is 8.00. The highest BCUT2D eigenvalue weighted by molar-refractivity contribution is 8.02. The molecule has 3 aliphatic rings. The van der Waals surface area contributed by atoms with Crippen molar-refractivity contribution in [3.8, 4) is 0 Å². The Morgan fingerprint density at radius 1 is 1.11 bits per heavy atom. The van der Waals surface area contributed by atoms with E-state index in [1.165, 1.54) is 0 Å². The number of halogens is 1. The number of anilines is 1. The number of fused-ring (bicyclic) bond motifs is 1. The topological polar surface area (TPSA) is 81.2 Å². The lowest BCUT2D eigenvalue weighted by atomic mass is 9.66. The van der Waals surface area contributed by atoms with Crippen molar-refractivity contribution in [2.75, 3.05) is 31.1 Å². The van der Waals surface area contributed by atoms with Gasteiger partial charge >= 0.3 is 0 Å². The number of likely N-dealkylation sites (tertiary alicyclic amines) is 1. The van der Waals surface area contributed by atoms with E-state index in [0.29, 0.717) is 43.1 Å². The molecule has 3 aliphatic heterocycles. The number of rotatable bonds is 13. The first-order valence-electron chi connectivity index (χ1n) is 15.8. The molecule has 3 heterocycles. The van der Waals surface area contributed by atoms with Gasteiger partial charge in [-0.3, -0.25) is 14.4 Å². The van der Waals surface area contributed by atoms with Gasteiger partial charge in [-0.25, -0.2) is 0 Å². The summed E-state index contributed by atoms with van der Waals surface area (Å²) in [7, 11) is 0. The average Bonchev–Trinajstić information content (AvgIpc) is 3.59. The van der Waals surface area contributed by atoms with Gasteiger partial charge in [0.05, 0.1) is 39.9 Å². The van der Waals surface area contributed by atoms with E-state index in [2.05, 4.69) is 20.1 Å². The Bertz CT molecular complexity index is 1450. The first-order valence-corrected chi connectivity index (χ1v) is 17.0. The normalized spacial score (nSPS) is 27.3. The second-order valence-corrected chi connectivity index (χ2v) is 15.0. The van der Waals surface area contributed by atoms with Gasteiger partial charge in [0, 0.05) is 24.4 Å². The Kier molecular flexibility index (Phi) is 9.87. The SMILES string of the molecule is C=CCN(CCC)C(=O)[C@H]1[C@H]2C(=O)N([C@@H](CO)Cc3ccccc3)C(C(=O)N(CC=C)c3c(C)cccc3Cl)C23CC[C@]1(C)S3. The van der Waals surface area contributed by atoms with E-state index in [-0.39, 0.29) is 30.9 Å². The number of aliphatic hydroxyl groups is 1. The second-order valence-electron chi connectivity index (χ2n) is 12.7. The fraction of sp³-hybridized carbons (Fsp3) is 0.472. The van der Waals surface area contributed by atoms with Crippen molar-refractivity contribution < 1.29 is 19.5 Å². The molecule has 0 aliphatic carbocycles. The first kappa shape index (κ1) is 33.3. The number of amides is 3. The van der Waals surface area contributed by atoms with Crippen molar-refractivity contribution in [1.82, 2.24) is 9.80 Å². The summed E-state index contributed by atoms with van der Waals surface area (Å²) in [5, 5.41) is 11.3. The molecule has 240 valence electrons. The summed E-state index contributed by atoms with van der Waals surface area (Å²) in [6.45, 7) is 14.6. The van der Waals surface area contributed by atoms with Crippen molar-refractivity contribution in [3.05, 3.63) is 90.0 Å². The lowest BCUT2D eigenvalue weighted by Gasteiger charge is -2.40. The molecule has 1 N–H and O–H groups in total. The minimum atomic E-state index is -0.907. The van der Waals surface area contributed by atoms with Gasteiger partial charge in [0.15, 0.2) is 0 Å². The monoisotopic (exact) mass is 649 g/mol. The molecule has 2 bridgehead atoms. The highest BCUT2D eigenvalue weighted by atomic mass is 35.5. The van der Waals surface area contributed by atoms with E-state index in [4.69, 9.17) is 11.6 Å². The predicted molar refractivity (Wildman–Crippen MR) is 182 cm³/mol. The number of aliphatic hydroxyl groups excluding tert-OH is 1. The molecule has 45 heavy (non-hydrogen) atoms. The molecule has 0 saturated carbocycles. The molecule has 3 fully saturated rings. The van der Waals surface area contributed by atoms with E-state index >= 15 is 4.79 Å². The highest BCUT2D eigenvalue weighted by Gasteiger charge is 2.78. The van der Waals surface area contributed by atoms with Crippen LogP contribution in [0.3, 0.4) is 0 Å². The minimum absolute atomic E-state index is 0.0618. The fourth-order valence-corrected chi connectivity index (χ4v) is 10.7. The van der Waals surface area contributed by atoms with Gasteiger partial charge in [0.1, 0.15) is 6.04 Å². The van der Waals surface area contributed by atoms with Crippen LogP contribution in [0.15, 0.2) is 73.8 Å². The third-order valence-corrected chi connectivity index (χ3v) is 12.1. The van der Waals surface area contributed by atoms with Gasteiger partial charge in [0.25, 0.3) is 5.91 Å². The largest absolute Gasteiger partial charge is 0.394 e. The molecule has 2 unspecified atom stereocenters. The third kappa shape index (κ3) is 5.63. The second kappa shape index (κ2) is 13.3. The summed E-state index contributed by atoms with van der Waals surface area (Å²) in [6.07, 6.45) is 5.87. The molecule has 3 saturated heterocycles. The summed E-state index contributed by atoms with van der Waals surface area (Å²) in [4.78, 5) is 49.5. The Labute approximate surface area is 276 Å². The Hall–Kier alpha value is -3.07.